The van der Waals surface area contributed by atoms with Crippen LogP contribution < -0.4 is 9.47 Å². The van der Waals surface area contributed by atoms with E-state index in [4.69, 9.17) is 49.4 Å². The molecule has 0 amide bonds. The molecule has 0 N–H and O–H groups in total. The molecule has 4 nitrogen and oxygen atoms in total. The van der Waals surface area contributed by atoms with Gasteiger partial charge in [0.2, 0.25) is 6.23 Å². The molecule has 0 saturated carbocycles. The maximum Gasteiger partial charge on any atom is 0.215 e. The van der Waals surface area contributed by atoms with Gasteiger partial charge < -0.3 is 9.47 Å². The Morgan fingerprint density at radius 3 is 2.47 bits per heavy atom. The quantitative estimate of drug-likeness (QED) is 0.427. The topological polar surface area (TPSA) is 34.1 Å². The Bertz CT molecular complexity index is 1150. The molecule has 2 atom stereocenters. The first-order valence-corrected chi connectivity index (χ1v) is 10.6. The number of rotatable bonds is 3. The second kappa shape index (κ2) is 7.69. The van der Waals surface area contributed by atoms with Crippen molar-refractivity contribution >= 4 is 40.5 Å². The fourth-order valence-corrected chi connectivity index (χ4v) is 4.74. The van der Waals surface area contributed by atoms with Crippen molar-refractivity contribution in [3.05, 3.63) is 92.4 Å². The summed E-state index contributed by atoms with van der Waals surface area (Å²) >= 11 is 19.3. The Kier molecular flexibility index (Phi) is 5.02. The van der Waals surface area contributed by atoms with Crippen LogP contribution in [0.1, 0.15) is 35.4 Å². The lowest BCUT2D eigenvalue weighted by atomic mass is 9.96. The lowest BCUT2D eigenvalue weighted by molar-refractivity contribution is -0.0188. The molecule has 30 heavy (non-hydrogen) atoms. The predicted molar refractivity (Wildman–Crippen MR) is 120 cm³/mol. The zero-order valence-corrected chi connectivity index (χ0v) is 18.2. The zero-order chi connectivity index (χ0) is 20.8. The van der Waals surface area contributed by atoms with E-state index in [0.717, 1.165) is 28.2 Å². The van der Waals surface area contributed by atoms with Crippen molar-refractivity contribution in [1.82, 2.24) is 5.01 Å². The Balaban J connectivity index is 1.62. The van der Waals surface area contributed by atoms with E-state index in [9.17, 15) is 0 Å². The van der Waals surface area contributed by atoms with E-state index >= 15 is 0 Å². The number of hydrogen-bond acceptors (Lipinski definition) is 4. The summed E-state index contributed by atoms with van der Waals surface area (Å²) < 4.78 is 11.6. The maximum absolute atomic E-state index is 6.50. The number of ether oxygens (including phenoxy) is 2. The van der Waals surface area contributed by atoms with E-state index in [1.807, 2.05) is 59.6 Å². The first-order valence-electron chi connectivity index (χ1n) is 9.45. The predicted octanol–water partition coefficient (Wildman–Crippen LogP) is 6.90. The smallest absolute Gasteiger partial charge is 0.215 e. The van der Waals surface area contributed by atoms with Crippen molar-refractivity contribution in [2.24, 2.45) is 5.10 Å². The van der Waals surface area contributed by atoms with Gasteiger partial charge in [0.25, 0.3) is 0 Å². The number of fused-ring (bicyclic) bond motifs is 3. The standard InChI is InChI=1S/C23H17Cl3N2O2/c1-29-15-8-6-13(7-9-15)20-12-21-17-10-14(24)11-19(26)22(17)30-23(28(21)27-20)16-4-2-3-5-18(16)25/h2-11,21,23H,12H2,1H3/t21-,23+/m1/s1. The van der Waals surface area contributed by atoms with Crippen molar-refractivity contribution < 1.29 is 9.47 Å². The van der Waals surface area contributed by atoms with Gasteiger partial charge >= 0.3 is 0 Å². The normalized spacial score (nSPS) is 19.6. The lowest BCUT2D eigenvalue weighted by Crippen LogP contribution is -2.34. The van der Waals surface area contributed by atoms with Crippen LogP contribution in [-0.4, -0.2) is 17.8 Å². The molecule has 0 bridgehead atoms. The van der Waals surface area contributed by atoms with Gasteiger partial charge in [-0.05, 0) is 48.0 Å². The van der Waals surface area contributed by atoms with Crippen LogP contribution in [-0.2, 0) is 0 Å². The Hall–Kier alpha value is -2.40. The number of halogens is 3. The van der Waals surface area contributed by atoms with Crippen molar-refractivity contribution in [2.75, 3.05) is 7.11 Å². The van der Waals surface area contributed by atoms with Crippen LogP contribution >= 0.6 is 34.8 Å². The Morgan fingerprint density at radius 2 is 1.73 bits per heavy atom. The largest absolute Gasteiger partial charge is 0.497 e. The highest BCUT2D eigenvalue weighted by Crippen LogP contribution is 2.51. The summed E-state index contributed by atoms with van der Waals surface area (Å²) in [5, 5.41) is 8.55. The van der Waals surface area contributed by atoms with Gasteiger partial charge in [-0.25, -0.2) is 5.01 Å². The zero-order valence-electron chi connectivity index (χ0n) is 16.0. The molecule has 0 aliphatic carbocycles. The molecule has 0 aromatic heterocycles. The summed E-state index contributed by atoms with van der Waals surface area (Å²) in [4.78, 5) is 0. The van der Waals surface area contributed by atoms with E-state index in [1.54, 1.807) is 13.2 Å². The average molecular weight is 460 g/mol. The van der Waals surface area contributed by atoms with Crippen LogP contribution in [0.3, 0.4) is 0 Å². The first-order chi connectivity index (χ1) is 14.5. The summed E-state index contributed by atoms with van der Waals surface area (Å²) in [5.74, 6) is 1.43. The van der Waals surface area contributed by atoms with Crippen molar-refractivity contribution in [3.8, 4) is 11.5 Å². The van der Waals surface area contributed by atoms with E-state index < -0.39 is 6.23 Å². The molecule has 3 aromatic carbocycles. The van der Waals surface area contributed by atoms with E-state index in [2.05, 4.69) is 0 Å². The summed E-state index contributed by atoms with van der Waals surface area (Å²) in [5.41, 5.74) is 3.73. The van der Waals surface area contributed by atoms with Gasteiger partial charge in [0.15, 0.2) is 0 Å². The highest BCUT2D eigenvalue weighted by atomic mass is 35.5. The monoisotopic (exact) mass is 458 g/mol. The molecule has 0 radical (unpaired) electrons. The minimum atomic E-state index is -0.495. The van der Waals surface area contributed by atoms with E-state index in [-0.39, 0.29) is 6.04 Å². The van der Waals surface area contributed by atoms with Crippen molar-refractivity contribution in [1.29, 1.82) is 0 Å². The molecule has 152 valence electrons. The molecule has 7 heteroatoms. The molecular weight excluding hydrogens is 443 g/mol. The number of hydrogen-bond donors (Lipinski definition) is 0. The fourth-order valence-electron chi connectivity index (χ4n) is 3.95. The molecule has 2 aliphatic heterocycles. The minimum Gasteiger partial charge on any atom is -0.497 e. The van der Waals surface area contributed by atoms with E-state index in [1.165, 1.54) is 0 Å². The van der Waals surface area contributed by atoms with Crippen LogP contribution in [0.5, 0.6) is 11.5 Å². The summed E-state index contributed by atoms with van der Waals surface area (Å²) in [6.45, 7) is 0. The van der Waals surface area contributed by atoms with Gasteiger partial charge in [0.1, 0.15) is 11.5 Å². The highest BCUT2D eigenvalue weighted by Gasteiger charge is 2.42. The van der Waals surface area contributed by atoms with Gasteiger partial charge in [-0.15, -0.1) is 0 Å². The van der Waals surface area contributed by atoms with Gasteiger partial charge in [0.05, 0.1) is 23.9 Å². The Morgan fingerprint density at radius 1 is 0.967 bits per heavy atom. The van der Waals surface area contributed by atoms with Crippen molar-refractivity contribution in [2.45, 2.75) is 18.7 Å². The average Bonchev–Trinajstić information content (AvgIpc) is 3.20. The van der Waals surface area contributed by atoms with Crippen LogP contribution in [0.25, 0.3) is 0 Å². The molecule has 0 fully saturated rings. The van der Waals surface area contributed by atoms with E-state index in [0.29, 0.717) is 27.2 Å². The summed E-state index contributed by atoms with van der Waals surface area (Å²) in [7, 11) is 1.65. The van der Waals surface area contributed by atoms with Crippen molar-refractivity contribution in [3.63, 3.8) is 0 Å². The molecule has 2 heterocycles. The summed E-state index contributed by atoms with van der Waals surface area (Å²) in [6, 6.07) is 19.0. The third kappa shape index (κ3) is 3.29. The Labute approximate surface area is 189 Å². The second-order valence-electron chi connectivity index (χ2n) is 7.17. The molecular formula is C23H17Cl3N2O2. The van der Waals surface area contributed by atoms with Crippen LogP contribution in [0.2, 0.25) is 15.1 Å². The molecule has 0 spiro atoms. The van der Waals surface area contributed by atoms with Gasteiger partial charge in [-0.1, -0.05) is 53.0 Å². The molecule has 5 rings (SSSR count). The molecule has 0 unspecified atom stereocenters. The number of hydrazone groups is 1. The highest BCUT2D eigenvalue weighted by molar-refractivity contribution is 6.35. The van der Waals surface area contributed by atoms with Gasteiger partial charge in [0, 0.05) is 27.6 Å². The maximum atomic E-state index is 6.50. The summed E-state index contributed by atoms with van der Waals surface area (Å²) in [6.07, 6.45) is 0.200. The number of nitrogens with zero attached hydrogens (tertiary/aromatic N) is 2. The third-order valence-electron chi connectivity index (χ3n) is 5.40. The van der Waals surface area contributed by atoms with Crippen LogP contribution in [0.4, 0.5) is 0 Å². The third-order valence-corrected chi connectivity index (χ3v) is 6.25. The minimum absolute atomic E-state index is 0.0664. The van der Waals surface area contributed by atoms with Gasteiger partial charge in [-0.3, -0.25) is 0 Å². The number of methoxy groups -OCH3 is 1. The fraction of sp³-hybridized carbons (Fsp3) is 0.174. The van der Waals surface area contributed by atoms with Crippen LogP contribution in [0, 0.1) is 0 Å². The molecule has 3 aromatic rings. The number of benzene rings is 3. The molecule has 0 saturated heterocycles. The van der Waals surface area contributed by atoms with Gasteiger partial charge in [-0.2, -0.15) is 5.10 Å². The first kappa shape index (κ1) is 19.6. The lowest BCUT2D eigenvalue weighted by Gasteiger charge is -2.38. The van der Waals surface area contributed by atoms with Crippen LogP contribution in [0.15, 0.2) is 65.8 Å². The SMILES string of the molecule is COc1ccc(C2=NN3[C@H](C2)c2cc(Cl)cc(Cl)c2O[C@H]3c2ccccc2Cl)cc1. The molecule has 2 aliphatic rings. The second-order valence-corrected chi connectivity index (χ2v) is 8.42.